The second-order valence-electron chi connectivity index (χ2n) is 8.34. The Balaban J connectivity index is 1.52. The SMILES string of the molecule is Cc1ccc(C(=O)[C@@H]2[C@H]3[C@H](C(=O)[C@H]4OC[C@@H]3O4)[C@H]3C=Cc4ccccc4N32)cc1. The largest absolute Gasteiger partial charge is 0.353 e. The lowest BCUT2D eigenvalue weighted by Crippen LogP contribution is -2.48. The smallest absolute Gasteiger partial charge is 0.218 e. The molecule has 0 N–H and O–H groups in total. The number of rotatable bonds is 2. The van der Waals surface area contributed by atoms with Gasteiger partial charge in [-0.05, 0) is 18.6 Å². The van der Waals surface area contributed by atoms with Gasteiger partial charge in [-0.15, -0.1) is 0 Å². The highest BCUT2D eigenvalue weighted by Gasteiger charge is 2.63. The average Bonchev–Trinajstić information content (AvgIpc) is 3.33. The molecule has 6 atom stereocenters. The predicted molar refractivity (Wildman–Crippen MR) is 108 cm³/mol. The summed E-state index contributed by atoms with van der Waals surface area (Å²) in [7, 11) is 0. The summed E-state index contributed by atoms with van der Waals surface area (Å²) in [5.74, 6) is -0.530. The summed E-state index contributed by atoms with van der Waals surface area (Å²) in [4.78, 5) is 29.1. The lowest BCUT2D eigenvalue weighted by molar-refractivity contribution is -0.163. The summed E-state index contributed by atoms with van der Waals surface area (Å²) >= 11 is 0. The molecule has 4 aliphatic heterocycles. The fourth-order valence-electron chi connectivity index (χ4n) is 5.47. The third-order valence-electron chi connectivity index (χ3n) is 6.76. The van der Waals surface area contributed by atoms with E-state index in [2.05, 4.69) is 17.1 Å². The van der Waals surface area contributed by atoms with Crippen LogP contribution >= 0.6 is 0 Å². The second-order valence-corrected chi connectivity index (χ2v) is 8.34. The maximum Gasteiger partial charge on any atom is 0.218 e. The Labute approximate surface area is 168 Å². The van der Waals surface area contributed by atoms with Crippen molar-refractivity contribution >= 4 is 23.3 Å². The first-order valence-corrected chi connectivity index (χ1v) is 10.1. The van der Waals surface area contributed by atoms with Gasteiger partial charge in [0.05, 0.1) is 30.7 Å². The number of hydrogen-bond acceptors (Lipinski definition) is 5. The molecule has 0 saturated carbocycles. The number of carbonyl (C=O) groups excluding carboxylic acids is 2. The highest BCUT2D eigenvalue weighted by Crippen LogP contribution is 2.50. The van der Waals surface area contributed by atoms with Crippen LogP contribution < -0.4 is 4.90 Å². The van der Waals surface area contributed by atoms with Crippen molar-refractivity contribution in [2.75, 3.05) is 11.5 Å². The minimum atomic E-state index is -0.790. The van der Waals surface area contributed by atoms with Gasteiger partial charge < -0.3 is 14.4 Å². The number of nitrogens with zero attached hydrogens (tertiary/aromatic N) is 1. The van der Waals surface area contributed by atoms with Crippen molar-refractivity contribution < 1.29 is 19.1 Å². The molecule has 2 aromatic rings. The molecule has 29 heavy (non-hydrogen) atoms. The van der Waals surface area contributed by atoms with Crippen LogP contribution in [0.2, 0.25) is 0 Å². The summed E-state index contributed by atoms with van der Waals surface area (Å²) < 4.78 is 11.5. The number of fused-ring (bicyclic) bond motifs is 8. The van der Waals surface area contributed by atoms with E-state index in [1.807, 2.05) is 55.5 Å². The molecular formula is C24H21NO4. The minimum absolute atomic E-state index is 0.0364. The van der Waals surface area contributed by atoms with Crippen LogP contribution in [0.5, 0.6) is 0 Å². The van der Waals surface area contributed by atoms with Crippen LogP contribution in [0.1, 0.15) is 21.5 Å². The van der Waals surface area contributed by atoms with Crippen molar-refractivity contribution in [2.24, 2.45) is 11.8 Å². The molecule has 4 heterocycles. The number of carbonyl (C=O) groups is 2. The third kappa shape index (κ3) is 2.35. The van der Waals surface area contributed by atoms with E-state index in [1.54, 1.807) is 0 Å². The quantitative estimate of drug-likeness (QED) is 0.742. The summed E-state index contributed by atoms with van der Waals surface area (Å²) in [6.45, 7) is 2.37. The van der Waals surface area contributed by atoms with Crippen molar-refractivity contribution in [2.45, 2.75) is 31.4 Å². The zero-order valence-corrected chi connectivity index (χ0v) is 16.0. The number of ketones is 2. The number of hydrogen-bond donors (Lipinski definition) is 0. The van der Waals surface area contributed by atoms with Gasteiger partial charge >= 0.3 is 0 Å². The Hall–Kier alpha value is -2.76. The van der Waals surface area contributed by atoms with Gasteiger partial charge in [0.2, 0.25) is 6.29 Å². The molecule has 3 fully saturated rings. The van der Waals surface area contributed by atoms with Gasteiger partial charge in [0.15, 0.2) is 11.6 Å². The van der Waals surface area contributed by atoms with Gasteiger partial charge in [-0.1, -0.05) is 60.2 Å². The monoisotopic (exact) mass is 387 g/mol. The molecule has 5 nitrogen and oxygen atoms in total. The number of aryl methyl sites for hydroxylation is 1. The Morgan fingerprint density at radius 3 is 2.72 bits per heavy atom. The molecule has 0 aromatic heterocycles. The summed E-state index contributed by atoms with van der Waals surface area (Å²) in [6.07, 6.45) is 3.11. The van der Waals surface area contributed by atoms with Crippen molar-refractivity contribution in [3.8, 4) is 0 Å². The summed E-state index contributed by atoms with van der Waals surface area (Å²) in [6, 6.07) is 15.1. The zero-order chi connectivity index (χ0) is 19.7. The van der Waals surface area contributed by atoms with Crippen molar-refractivity contribution in [1.29, 1.82) is 0 Å². The molecule has 0 spiro atoms. The zero-order valence-electron chi connectivity index (χ0n) is 16.0. The molecule has 146 valence electrons. The molecule has 0 unspecified atom stereocenters. The summed E-state index contributed by atoms with van der Waals surface area (Å²) in [5.41, 5.74) is 3.85. The highest BCUT2D eigenvalue weighted by atomic mass is 16.7. The normalized spacial score (nSPS) is 34.0. The van der Waals surface area contributed by atoms with Gasteiger partial charge in [0.1, 0.15) is 0 Å². The van der Waals surface area contributed by atoms with Crippen LogP contribution in [0.4, 0.5) is 5.69 Å². The van der Waals surface area contributed by atoms with Crippen LogP contribution in [-0.2, 0) is 14.3 Å². The molecule has 0 amide bonds. The highest BCUT2D eigenvalue weighted by molar-refractivity contribution is 6.05. The fraction of sp³-hybridized carbons (Fsp3) is 0.333. The molecule has 0 aliphatic carbocycles. The number of ether oxygens (including phenoxy) is 2. The molecule has 2 bridgehead atoms. The van der Waals surface area contributed by atoms with Gasteiger partial charge in [0, 0.05) is 17.2 Å². The third-order valence-corrected chi connectivity index (χ3v) is 6.76. The lowest BCUT2D eigenvalue weighted by atomic mass is 9.77. The van der Waals surface area contributed by atoms with Crippen LogP contribution in [-0.4, -0.2) is 42.7 Å². The Morgan fingerprint density at radius 2 is 1.90 bits per heavy atom. The van der Waals surface area contributed by atoms with Gasteiger partial charge in [-0.25, -0.2) is 0 Å². The number of para-hydroxylation sites is 1. The Kier molecular flexibility index (Phi) is 3.61. The standard InChI is InChI=1S/C24H21NO4/c1-13-6-8-15(9-7-13)22(26)21-20-18-12-28-24(29-18)23(27)19(20)17-11-10-14-4-2-3-5-16(14)25(17)21/h2-11,17-21,24H,12H2,1H3/t17-,18+,19-,20-,21+,24+/m1/s1. The maximum atomic E-state index is 13.8. The minimum Gasteiger partial charge on any atom is -0.353 e. The first kappa shape index (κ1) is 17.1. The Morgan fingerprint density at radius 1 is 1.10 bits per heavy atom. The molecule has 5 heteroatoms. The van der Waals surface area contributed by atoms with E-state index < -0.39 is 12.3 Å². The average molecular weight is 387 g/mol. The van der Waals surface area contributed by atoms with Crippen molar-refractivity contribution in [3.05, 3.63) is 71.3 Å². The van der Waals surface area contributed by atoms with Gasteiger partial charge in [0.25, 0.3) is 0 Å². The molecule has 3 saturated heterocycles. The van der Waals surface area contributed by atoms with Crippen LogP contribution in [0.25, 0.3) is 6.08 Å². The van der Waals surface area contributed by atoms with Crippen LogP contribution in [0, 0.1) is 18.8 Å². The van der Waals surface area contributed by atoms with E-state index in [1.165, 1.54) is 0 Å². The number of benzene rings is 2. The van der Waals surface area contributed by atoms with Crippen LogP contribution in [0.15, 0.2) is 54.6 Å². The van der Waals surface area contributed by atoms with Gasteiger partial charge in [-0.2, -0.15) is 0 Å². The molecule has 6 rings (SSSR count). The van der Waals surface area contributed by atoms with Crippen LogP contribution in [0.3, 0.4) is 0 Å². The molecule has 2 aromatic carbocycles. The van der Waals surface area contributed by atoms with Gasteiger partial charge in [-0.3, -0.25) is 9.59 Å². The fourth-order valence-corrected chi connectivity index (χ4v) is 5.47. The first-order chi connectivity index (χ1) is 14.1. The van der Waals surface area contributed by atoms with E-state index >= 15 is 0 Å². The van der Waals surface area contributed by atoms with E-state index in [9.17, 15) is 9.59 Å². The first-order valence-electron chi connectivity index (χ1n) is 10.1. The summed E-state index contributed by atoms with van der Waals surface area (Å²) in [5, 5.41) is 0. The van der Waals surface area contributed by atoms with E-state index in [-0.39, 0.29) is 35.5 Å². The molecule has 4 aliphatic rings. The van der Waals surface area contributed by atoms with E-state index in [0.29, 0.717) is 12.2 Å². The number of anilines is 1. The lowest BCUT2D eigenvalue weighted by Gasteiger charge is -2.35. The topological polar surface area (TPSA) is 55.8 Å². The van der Waals surface area contributed by atoms with Crippen molar-refractivity contribution in [3.63, 3.8) is 0 Å². The van der Waals surface area contributed by atoms with Crippen molar-refractivity contribution in [1.82, 2.24) is 0 Å². The molecule has 0 radical (unpaired) electrons. The van der Waals surface area contributed by atoms with E-state index in [4.69, 9.17) is 9.47 Å². The predicted octanol–water partition coefficient (Wildman–Crippen LogP) is 3.02. The Bertz CT molecular complexity index is 1040. The second kappa shape index (κ2) is 6.12. The number of Topliss-reactive ketones (excluding diaryl/α,β-unsaturated/α-hetero) is 2. The molecular weight excluding hydrogens is 366 g/mol. The maximum absolute atomic E-state index is 13.8. The van der Waals surface area contributed by atoms with E-state index in [0.717, 1.165) is 16.8 Å².